The van der Waals surface area contributed by atoms with Crippen LogP contribution in [0, 0.1) is 0 Å². The number of carbonyl (C=O) groups excluding carboxylic acids is 2. The summed E-state index contributed by atoms with van der Waals surface area (Å²) in [6.45, 7) is 2.90. The molecule has 0 radical (unpaired) electrons. The van der Waals surface area contributed by atoms with Gasteiger partial charge in [0.1, 0.15) is 11.8 Å². The van der Waals surface area contributed by atoms with Gasteiger partial charge < -0.3 is 20.1 Å². The number of ether oxygens (including phenoxy) is 1. The average Bonchev–Trinajstić information content (AvgIpc) is 3.08. The van der Waals surface area contributed by atoms with Crippen molar-refractivity contribution in [3.05, 3.63) is 65.7 Å². The van der Waals surface area contributed by atoms with Crippen molar-refractivity contribution < 1.29 is 19.4 Å². The van der Waals surface area contributed by atoms with Gasteiger partial charge in [-0.2, -0.15) is 0 Å². The minimum absolute atomic E-state index is 0.140. The van der Waals surface area contributed by atoms with Crippen LogP contribution in [0.2, 0.25) is 0 Å². The van der Waals surface area contributed by atoms with Crippen molar-refractivity contribution in [1.82, 2.24) is 10.2 Å². The van der Waals surface area contributed by atoms with Gasteiger partial charge in [-0.15, -0.1) is 0 Å². The second-order valence-corrected chi connectivity index (χ2v) is 6.53. The van der Waals surface area contributed by atoms with E-state index in [4.69, 9.17) is 4.74 Å². The van der Waals surface area contributed by atoms with Gasteiger partial charge in [0.15, 0.2) is 0 Å². The Hall–Kier alpha value is -2.86. The number of rotatable bonds is 6. The molecule has 1 saturated heterocycles. The summed E-state index contributed by atoms with van der Waals surface area (Å²) in [5, 5.41) is 12.9. The number of aliphatic hydroxyl groups is 1. The van der Waals surface area contributed by atoms with Crippen LogP contribution in [0.4, 0.5) is 0 Å². The number of aliphatic hydroxyl groups excluding tert-OH is 1. The fraction of sp³-hybridized carbons (Fsp3) is 0.333. The van der Waals surface area contributed by atoms with Crippen LogP contribution in [-0.4, -0.2) is 47.1 Å². The molecular weight excluding hydrogens is 344 g/mol. The molecule has 1 unspecified atom stereocenters. The summed E-state index contributed by atoms with van der Waals surface area (Å²) in [4.78, 5) is 27.0. The molecule has 1 aliphatic heterocycles. The first-order valence-corrected chi connectivity index (χ1v) is 9.12. The molecule has 2 amide bonds. The summed E-state index contributed by atoms with van der Waals surface area (Å²) in [6.07, 6.45) is -0.478. The minimum atomic E-state index is -0.712. The molecule has 0 spiro atoms. The molecule has 6 heteroatoms. The molecular formula is C21H24N2O4. The summed E-state index contributed by atoms with van der Waals surface area (Å²) in [5.41, 5.74) is 1.42. The zero-order valence-electron chi connectivity index (χ0n) is 15.3. The van der Waals surface area contributed by atoms with Crippen LogP contribution < -0.4 is 10.1 Å². The number of hydrogen-bond acceptors (Lipinski definition) is 4. The van der Waals surface area contributed by atoms with E-state index in [0.717, 1.165) is 5.56 Å². The zero-order valence-corrected chi connectivity index (χ0v) is 15.3. The van der Waals surface area contributed by atoms with Gasteiger partial charge in [-0.25, -0.2) is 0 Å². The lowest BCUT2D eigenvalue weighted by molar-refractivity contribution is -0.125. The number of benzene rings is 2. The fourth-order valence-electron chi connectivity index (χ4n) is 3.24. The Morgan fingerprint density at radius 2 is 1.96 bits per heavy atom. The van der Waals surface area contributed by atoms with E-state index >= 15 is 0 Å². The third kappa shape index (κ3) is 4.65. The molecule has 6 nitrogen and oxygen atoms in total. The zero-order chi connectivity index (χ0) is 19.2. The Labute approximate surface area is 158 Å². The molecule has 142 valence electrons. The highest BCUT2D eigenvalue weighted by molar-refractivity contribution is 5.98. The topological polar surface area (TPSA) is 78.9 Å². The molecule has 2 N–H and O–H groups in total. The number of carbonyl (C=O) groups is 2. The predicted molar refractivity (Wildman–Crippen MR) is 101 cm³/mol. The highest BCUT2D eigenvalue weighted by atomic mass is 16.5. The quantitative estimate of drug-likeness (QED) is 0.817. The molecule has 1 heterocycles. The van der Waals surface area contributed by atoms with Gasteiger partial charge >= 0.3 is 0 Å². The lowest BCUT2D eigenvalue weighted by Crippen LogP contribution is -2.45. The van der Waals surface area contributed by atoms with Gasteiger partial charge in [-0.1, -0.05) is 36.4 Å². The molecule has 2 atom stereocenters. The van der Waals surface area contributed by atoms with Gasteiger partial charge in [-0.05, 0) is 30.7 Å². The van der Waals surface area contributed by atoms with Gasteiger partial charge in [0.05, 0.1) is 12.7 Å². The average molecular weight is 368 g/mol. The summed E-state index contributed by atoms with van der Waals surface area (Å²) in [5.74, 6) is 0.0610. The maximum atomic E-state index is 12.9. The van der Waals surface area contributed by atoms with Crippen LogP contribution in [0.1, 0.15) is 29.3 Å². The van der Waals surface area contributed by atoms with Gasteiger partial charge in [-0.3, -0.25) is 9.59 Å². The van der Waals surface area contributed by atoms with E-state index in [9.17, 15) is 14.7 Å². The van der Waals surface area contributed by atoms with Crippen molar-refractivity contribution in [3.8, 4) is 5.75 Å². The largest absolute Gasteiger partial charge is 0.494 e. The third-order valence-corrected chi connectivity index (χ3v) is 4.54. The Balaban J connectivity index is 1.70. The van der Waals surface area contributed by atoms with E-state index in [2.05, 4.69) is 5.32 Å². The SMILES string of the molecule is CCOc1cccc(C(=O)N2CC(O)C[C@H]2C(=O)NCc2ccccc2)c1. The highest BCUT2D eigenvalue weighted by Gasteiger charge is 2.39. The third-order valence-electron chi connectivity index (χ3n) is 4.54. The standard InChI is InChI=1S/C21H24N2O4/c1-2-27-18-10-6-9-16(11-18)21(26)23-14-17(24)12-19(23)20(25)22-13-15-7-4-3-5-8-15/h3-11,17,19,24H,2,12-14H2,1H3,(H,22,25)/t17?,19-/m0/s1. The number of amides is 2. The molecule has 27 heavy (non-hydrogen) atoms. The Kier molecular flexibility index (Phi) is 6.08. The molecule has 1 aliphatic rings. The molecule has 0 saturated carbocycles. The number of nitrogens with zero attached hydrogens (tertiary/aromatic N) is 1. The van der Waals surface area contributed by atoms with Crippen molar-refractivity contribution in [2.45, 2.75) is 32.0 Å². The molecule has 1 fully saturated rings. The molecule has 3 rings (SSSR count). The highest BCUT2D eigenvalue weighted by Crippen LogP contribution is 2.23. The van der Waals surface area contributed by atoms with E-state index in [0.29, 0.717) is 24.5 Å². The van der Waals surface area contributed by atoms with Crippen LogP contribution in [0.15, 0.2) is 54.6 Å². The fourth-order valence-corrected chi connectivity index (χ4v) is 3.24. The van der Waals surface area contributed by atoms with Crippen molar-refractivity contribution in [1.29, 1.82) is 0 Å². The minimum Gasteiger partial charge on any atom is -0.494 e. The second kappa shape index (κ2) is 8.68. The van der Waals surface area contributed by atoms with Gasteiger partial charge in [0.25, 0.3) is 5.91 Å². The first-order chi connectivity index (χ1) is 13.1. The van der Waals surface area contributed by atoms with E-state index in [1.54, 1.807) is 24.3 Å². The maximum absolute atomic E-state index is 12.9. The normalized spacial score (nSPS) is 19.0. The maximum Gasteiger partial charge on any atom is 0.254 e. The molecule has 0 bridgehead atoms. The monoisotopic (exact) mass is 368 g/mol. The van der Waals surface area contributed by atoms with Crippen molar-refractivity contribution in [3.63, 3.8) is 0 Å². The van der Waals surface area contributed by atoms with E-state index in [1.807, 2.05) is 37.3 Å². The van der Waals surface area contributed by atoms with Crippen LogP contribution in [-0.2, 0) is 11.3 Å². The van der Waals surface area contributed by atoms with E-state index in [-0.39, 0.29) is 24.8 Å². The first kappa shape index (κ1) is 18.9. The van der Waals surface area contributed by atoms with Crippen molar-refractivity contribution in [2.75, 3.05) is 13.2 Å². The van der Waals surface area contributed by atoms with Crippen LogP contribution >= 0.6 is 0 Å². The lowest BCUT2D eigenvalue weighted by Gasteiger charge is -2.24. The first-order valence-electron chi connectivity index (χ1n) is 9.12. The van der Waals surface area contributed by atoms with E-state index < -0.39 is 12.1 Å². The van der Waals surface area contributed by atoms with Crippen molar-refractivity contribution >= 4 is 11.8 Å². The summed E-state index contributed by atoms with van der Waals surface area (Å²) >= 11 is 0. The molecule has 2 aromatic rings. The summed E-state index contributed by atoms with van der Waals surface area (Å²) in [6, 6.07) is 15.8. The number of nitrogens with one attached hydrogen (secondary N) is 1. The molecule has 2 aromatic carbocycles. The molecule has 0 aromatic heterocycles. The number of β-amino-alcohol motifs (C(OH)–C–C–N with tert-alkyl or cyclic N) is 1. The summed E-state index contributed by atoms with van der Waals surface area (Å²) in [7, 11) is 0. The van der Waals surface area contributed by atoms with E-state index in [1.165, 1.54) is 4.90 Å². The molecule has 0 aliphatic carbocycles. The van der Waals surface area contributed by atoms with Crippen LogP contribution in [0.25, 0.3) is 0 Å². The number of likely N-dealkylation sites (tertiary alicyclic amines) is 1. The Bertz CT molecular complexity index is 794. The second-order valence-electron chi connectivity index (χ2n) is 6.53. The number of hydrogen-bond donors (Lipinski definition) is 2. The lowest BCUT2D eigenvalue weighted by atomic mass is 10.1. The van der Waals surface area contributed by atoms with Crippen LogP contribution in [0.3, 0.4) is 0 Å². The predicted octanol–water partition coefficient (Wildman–Crippen LogP) is 1.98. The van der Waals surface area contributed by atoms with Crippen molar-refractivity contribution in [2.24, 2.45) is 0 Å². The summed E-state index contributed by atoms with van der Waals surface area (Å²) < 4.78 is 5.44. The van der Waals surface area contributed by atoms with Crippen LogP contribution in [0.5, 0.6) is 5.75 Å². The van der Waals surface area contributed by atoms with Gasteiger partial charge in [0.2, 0.25) is 5.91 Å². The van der Waals surface area contributed by atoms with Gasteiger partial charge in [0, 0.05) is 25.1 Å². The Morgan fingerprint density at radius 3 is 2.70 bits per heavy atom. The smallest absolute Gasteiger partial charge is 0.254 e. The Morgan fingerprint density at radius 1 is 1.19 bits per heavy atom.